The number of fused-ring (bicyclic) bond motifs is 1. The third-order valence-electron chi connectivity index (χ3n) is 1.79. The van der Waals surface area contributed by atoms with E-state index < -0.39 is 0 Å². The fourth-order valence-electron chi connectivity index (χ4n) is 1.26. The van der Waals surface area contributed by atoms with Gasteiger partial charge in [0.15, 0.2) is 0 Å². The lowest BCUT2D eigenvalue weighted by Crippen LogP contribution is -1.83. The second-order valence-electron chi connectivity index (χ2n) is 2.76. The predicted octanol–water partition coefficient (Wildman–Crippen LogP) is 4.22. The molecule has 2 heteroatoms. The molecule has 1 heterocycles. The van der Waals surface area contributed by atoms with E-state index >= 15 is 0 Å². The van der Waals surface area contributed by atoms with Gasteiger partial charge in [-0.3, -0.25) is 4.98 Å². The van der Waals surface area contributed by atoms with Crippen LogP contribution in [0.25, 0.3) is 10.9 Å². The first-order valence-corrected chi connectivity index (χ1v) is 5.17. The van der Waals surface area contributed by atoms with Crippen molar-refractivity contribution in [3.63, 3.8) is 0 Å². The van der Waals surface area contributed by atoms with E-state index in [0.717, 1.165) is 21.6 Å². The Morgan fingerprint density at radius 1 is 1.14 bits per heavy atom. The first kappa shape index (κ1) is 11.0. The molecule has 0 radical (unpaired) electrons. The fourth-order valence-corrected chi connectivity index (χ4v) is 1.57. The van der Waals surface area contributed by atoms with Crippen molar-refractivity contribution in [3.05, 3.63) is 41.0 Å². The molecular weight excluding hydrogens is 194 g/mol. The van der Waals surface area contributed by atoms with Gasteiger partial charge in [0.05, 0.1) is 10.5 Å². The molecule has 0 fully saturated rings. The topological polar surface area (TPSA) is 12.9 Å². The highest BCUT2D eigenvalue weighted by Gasteiger charge is 1.99. The molecule has 2 rings (SSSR count). The summed E-state index contributed by atoms with van der Waals surface area (Å²) in [5.74, 6) is 0. The summed E-state index contributed by atoms with van der Waals surface area (Å²) in [6.45, 7) is 5.94. The van der Waals surface area contributed by atoms with E-state index in [1.165, 1.54) is 0 Å². The lowest BCUT2D eigenvalue weighted by Gasteiger charge is -2.00. The summed E-state index contributed by atoms with van der Waals surface area (Å²) in [6.07, 6.45) is 0. The van der Waals surface area contributed by atoms with Crippen LogP contribution in [0, 0.1) is 6.92 Å². The summed E-state index contributed by atoms with van der Waals surface area (Å²) in [7, 11) is 0. The fraction of sp³-hybridized carbons (Fsp3) is 0.250. The largest absolute Gasteiger partial charge is 0.253 e. The number of benzene rings is 1. The number of hydrogen-bond donors (Lipinski definition) is 0. The zero-order valence-corrected chi connectivity index (χ0v) is 9.47. The van der Waals surface area contributed by atoms with Crippen molar-refractivity contribution in [3.8, 4) is 0 Å². The van der Waals surface area contributed by atoms with Crippen LogP contribution in [0.4, 0.5) is 0 Å². The summed E-state index contributed by atoms with van der Waals surface area (Å²) >= 11 is 6.02. The van der Waals surface area contributed by atoms with Gasteiger partial charge in [-0.2, -0.15) is 0 Å². The Morgan fingerprint density at radius 3 is 2.50 bits per heavy atom. The molecule has 0 unspecified atom stereocenters. The third-order valence-corrected chi connectivity index (χ3v) is 2.11. The first-order valence-electron chi connectivity index (χ1n) is 4.79. The van der Waals surface area contributed by atoms with E-state index in [9.17, 15) is 0 Å². The van der Waals surface area contributed by atoms with Gasteiger partial charge in [-0.15, -0.1) is 0 Å². The third kappa shape index (κ3) is 2.24. The summed E-state index contributed by atoms with van der Waals surface area (Å²) in [6, 6.07) is 9.75. The Bertz CT molecular complexity index is 424. The van der Waals surface area contributed by atoms with Gasteiger partial charge in [0.1, 0.15) is 0 Å². The molecule has 0 spiro atoms. The van der Waals surface area contributed by atoms with Crippen molar-refractivity contribution >= 4 is 22.5 Å². The van der Waals surface area contributed by atoms with E-state index in [-0.39, 0.29) is 0 Å². The maximum atomic E-state index is 6.02. The number of nitrogens with zero attached hydrogens (tertiary/aromatic N) is 1. The lowest BCUT2D eigenvalue weighted by molar-refractivity contribution is 1.26. The highest BCUT2D eigenvalue weighted by molar-refractivity contribution is 6.35. The molecule has 0 bridgehead atoms. The van der Waals surface area contributed by atoms with Crippen LogP contribution in [0.3, 0.4) is 0 Å². The second-order valence-corrected chi connectivity index (χ2v) is 3.17. The normalized spacial score (nSPS) is 9.43. The minimum Gasteiger partial charge on any atom is -0.253 e. The molecule has 0 amide bonds. The molecule has 0 saturated carbocycles. The molecule has 0 atom stereocenters. The average Bonchev–Trinajstić information content (AvgIpc) is 2.20. The molecule has 0 N–H and O–H groups in total. The summed E-state index contributed by atoms with van der Waals surface area (Å²) < 4.78 is 0. The number of pyridine rings is 1. The molecule has 0 aliphatic heterocycles. The number of hydrogen-bond acceptors (Lipinski definition) is 1. The highest BCUT2D eigenvalue weighted by atomic mass is 35.5. The van der Waals surface area contributed by atoms with E-state index in [0.29, 0.717) is 0 Å². The molecule has 1 aromatic carbocycles. The van der Waals surface area contributed by atoms with E-state index in [1.54, 1.807) is 0 Å². The van der Waals surface area contributed by atoms with Gasteiger partial charge in [0.2, 0.25) is 0 Å². The molecule has 0 aliphatic carbocycles. The molecule has 0 saturated heterocycles. The quantitative estimate of drug-likeness (QED) is 0.630. The molecule has 2 aromatic rings. The van der Waals surface area contributed by atoms with Crippen LogP contribution in [0.5, 0.6) is 0 Å². The van der Waals surface area contributed by atoms with Gasteiger partial charge < -0.3 is 0 Å². The van der Waals surface area contributed by atoms with Crippen LogP contribution in [0.15, 0.2) is 30.3 Å². The predicted molar refractivity (Wildman–Crippen MR) is 62.8 cm³/mol. The highest BCUT2D eigenvalue weighted by Crippen LogP contribution is 2.21. The summed E-state index contributed by atoms with van der Waals surface area (Å²) in [5, 5.41) is 1.79. The molecule has 1 aromatic heterocycles. The summed E-state index contributed by atoms with van der Waals surface area (Å²) in [4.78, 5) is 4.35. The Balaban J connectivity index is 0.000000461. The zero-order valence-electron chi connectivity index (χ0n) is 8.71. The average molecular weight is 208 g/mol. The van der Waals surface area contributed by atoms with Gasteiger partial charge >= 0.3 is 0 Å². The monoisotopic (exact) mass is 207 g/mol. The van der Waals surface area contributed by atoms with E-state index in [1.807, 2.05) is 51.1 Å². The number of rotatable bonds is 0. The molecule has 0 aliphatic rings. The lowest BCUT2D eigenvalue weighted by atomic mass is 10.2. The van der Waals surface area contributed by atoms with Crippen molar-refractivity contribution in [2.45, 2.75) is 20.8 Å². The minimum atomic E-state index is 0.776. The Labute approximate surface area is 89.7 Å². The number of aryl methyl sites for hydroxylation is 1. The molecule has 1 nitrogen and oxygen atoms in total. The smallest absolute Gasteiger partial charge is 0.0720 e. The SMILES string of the molecule is CC.Cc1cc(Cl)c2ccccc2n1. The van der Waals surface area contributed by atoms with Crippen molar-refractivity contribution in [2.24, 2.45) is 0 Å². The number of halogens is 1. The Kier molecular flexibility index (Phi) is 3.90. The standard InChI is InChI=1S/C10H8ClN.C2H6/c1-7-6-9(11)8-4-2-3-5-10(8)12-7;1-2/h2-6H,1H3;1-2H3. The summed E-state index contributed by atoms with van der Waals surface area (Å²) in [5.41, 5.74) is 1.92. The van der Waals surface area contributed by atoms with Crippen LogP contribution in [0.2, 0.25) is 5.02 Å². The molecular formula is C12H14ClN. The van der Waals surface area contributed by atoms with Gasteiger partial charge in [0, 0.05) is 11.1 Å². The Hall–Kier alpha value is -1.08. The van der Waals surface area contributed by atoms with Crippen molar-refractivity contribution < 1.29 is 0 Å². The van der Waals surface area contributed by atoms with Crippen LogP contribution in [-0.4, -0.2) is 4.98 Å². The maximum Gasteiger partial charge on any atom is 0.0720 e. The van der Waals surface area contributed by atoms with Crippen LogP contribution in [-0.2, 0) is 0 Å². The van der Waals surface area contributed by atoms with Gasteiger partial charge in [0.25, 0.3) is 0 Å². The van der Waals surface area contributed by atoms with Gasteiger partial charge in [-0.25, -0.2) is 0 Å². The van der Waals surface area contributed by atoms with Crippen LogP contribution >= 0.6 is 11.6 Å². The van der Waals surface area contributed by atoms with Crippen LogP contribution < -0.4 is 0 Å². The second kappa shape index (κ2) is 4.97. The maximum absolute atomic E-state index is 6.02. The van der Waals surface area contributed by atoms with Gasteiger partial charge in [-0.1, -0.05) is 43.6 Å². The van der Waals surface area contributed by atoms with Crippen molar-refractivity contribution in [1.29, 1.82) is 0 Å². The van der Waals surface area contributed by atoms with Gasteiger partial charge in [-0.05, 0) is 19.1 Å². The van der Waals surface area contributed by atoms with E-state index in [4.69, 9.17) is 11.6 Å². The Morgan fingerprint density at radius 2 is 1.79 bits per heavy atom. The van der Waals surface area contributed by atoms with E-state index in [2.05, 4.69) is 4.98 Å². The number of para-hydroxylation sites is 1. The minimum absolute atomic E-state index is 0.776. The first-order chi connectivity index (χ1) is 6.77. The van der Waals surface area contributed by atoms with Crippen molar-refractivity contribution in [1.82, 2.24) is 4.98 Å². The molecule has 74 valence electrons. The number of aromatic nitrogens is 1. The van der Waals surface area contributed by atoms with Crippen molar-refractivity contribution in [2.75, 3.05) is 0 Å². The molecule has 14 heavy (non-hydrogen) atoms. The zero-order chi connectivity index (χ0) is 10.6. The van der Waals surface area contributed by atoms with Crippen LogP contribution in [0.1, 0.15) is 19.5 Å².